The molecular weight excluding hydrogens is 278 g/mol. The molecule has 2 N–H and O–H groups in total. The van der Waals surface area contributed by atoms with Crippen LogP contribution in [0.1, 0.15) is 0 Å². The van der Waals surface area contributed by atoms with Crippen LogP contribution in [0, 0.1) is 0 Å². The summed E-state index contributed by atoms with van der Waals surface area (Å²) in [6, 6.07) is 6.71. The first kappa shape index (κ1) is 16.9. The average molecular weight is 301 g/mol. The van der Waals surface area contributed by atoms with E-state index in [9.17, 15) is 8.42 Å². The lowest BCUT2D eigenvalue weighted by Gasteiger charge is -2.26. The highest BCUT2D eigenvalue weighted by Gasteiger charge is 2.23. The normalized spacial score (nSPS) is 13.5. The van der Waals surface area contributed by atoms with Crippen LogP contribution < -0.4 is 10.6 Å². The predicted octanol–water partition coefficient (Wildman–Crippen LogP) is 0.347. The Morgan fingerprint density at radius 1 is 1.25 bits per heavy atom. The van der Waals surface area contributed by atoms with Gasteiger partial charge in [-0.25, -0.2) is 12.7 Å². The molecule has 0 aliphatic heterocycles. The van der Waals surface area contributed by atoms with E-state index in [-0.39, 0.29) is 10.9 Å². The van der Waals surface area contributed by atoms with Gasteiger partial charge >= 0.3 is 0 Å². The number of ether oxygens (including phenoxy) is 1. The molecule has 0 spiro atoms. The van der Waals surface area contributed by atoms with Crippen molar-refractivity contribution in [2.75, 3.05) is 46.3 Å². The largest absolute Gasteiger partial charge is 0.383 e. The highest BCUT2D eigenvalue weighted by atomic mass is 32.2. The molecule has 0 fully saturated rings. The first-order valence-electron chi connectivity index (χ1n) is 6.28. The lowest BCUT2D eigenvalue weighted by Crippen LogP contribution is -2.39. The highest BCUT2D eigenvalue weighted by molar-refractivity contribution is 7.89. The number of nitrogens with zero attached hydrogens (tertiary/aromatic N) is 2. The lowest BCUT2D eigenvalue weighted by atomic mass is 10.2. The summed E-state index contributed by atoms with van der Waals surface area (Å²) in [5, 5.41) is 0. The van der Waals surface area contributed by atoms with Crippen LogP contribution in [0.15, 0.2) is 29.2 Å². The van der Waals surface area contributed by atoms with Crippen molar-refractivity contribution in [3.05, 3.63) is 24.3 Å². The van der Waals surface area contributed by atoms with E-state index in [1.807, 2.05) is 18.0 Å². The number of sulfonamides is 1. The van der Waals surface area contributed by atoms with Crippen molar-refractivity contribution in [2.24, 2.45) is 5.73 Å². The molecule has 0 bridgehead atoms. The maximum atomic E-state index is 12.3. The Balaban J connectivity index is 3.08. The summed E-state index contributed by atoms with van der Waals surface area (Å²) in [5.41, 5.74) is 6.55. The van der Waals surface area contributed by atoms with Gasteiger partial charge in [-0.3, -0.25) is 0 Å². The van der Waals surface area contributed by atoms with E-state index in [0.717, 1.165) is 0 Å². The molecule has 1 aromatic rings. The van der Waals surface area contributed by atoms with Gasteiger partial charge < -0.3 is 15.4 Å². The minimum atomic E-state index is -3.48. The zero-order chi connectivity index (χ0) is 15.3. The van der Waals surface area contributed by atoms with E-state index < -0.39 is 10.0 Å². The molecule has 0 aromatic heterocycles. The fraction of sp³-hybridized carbons (Fsp3) is 0.538. The van der Waals surface area contributed by atoms with Gasteiger partial charge in [-0.2, -0.15) is 0 Å². The van der Waals surface area contributed by atoms with Crippen molar-refractivity contribution in [1.29, 1.82) is 0 Å². The van der Waals surface area contributed by atoms with E-state index in [1.165, 1.54) is 18.4 Å². The maximum Gasteiger partial charge on any atom is 0.244 e. The quantitative estimate of drug-likeness (QED) is 0.786. The molecule has 1 unspecified atom stereocenters. The van der Waals surface area contributed by atoms with Crippen molar-refractivity contribution in [3.8, 4) is 0 Å². The zero-order valence-electron chi connectivity index (χ0n) is 12.4. The molecule has 0 saturated heterocycles. The van der Waals surface area contributed by atoms with Crippen molar-refractivity contribution in [1.82, 2.24) is 4.31 Å². The number of likely N-dealkylation sites (N-methyl/N-ethyl adjacent to an activating group) is 1. The second-order valence-electron chi connectivity index (χ2n) is 4.85. The highest BCUT2D eigenvalue weighted by Crippen LogP contribution is 2.25. The van der Waals surface area contributed by atoms with Gasteiger partial charge in [-0.15, -0.1) is 0 Å². The van der Waals surface area contributed by atoms with E-state index >= 15 is 0 Å². The number of nitrogens with two attached hydrogens (primary N) is 1. The third kappa shape index (κ3) is 3.92. The summed E-state index contributed by atoms with van der Waals surface area (Å²) in [7, 11) is 2.96. The number of rotatable bonds is 7. The summed E-state index contributed by atoms with van der Waals surface area (Å²) in [4.78, 5) is 2.11. The Bertz CT molecular complexity index is 531. The van der Waals surface area contributed by atoms with Gasteiger partial charge in [0.15, 0.2) is 0 Å². The van der Waals surface area contributed by atoms with Gasteiger partial charge in [-0.1, -0.05) is 12.1 Å². The van der Waals surface area contributed by atoms with Crippen LogP contribution in [0.3, 0.4) is 0 Å². The number of benzene rings is 1. The Morgan fingerprint density at radius 2 is 1.85 bits per heavy atom. The average Bonchev–Trinajstić information content (AvgIpc) is 2.38. The number of methoxy groups -OCH3 is 1. The third-order valence-electron chi connectivity index (χ3n) is 2.92. The summed E-state index contributed by atoms with van der Waals surface area (Å²) in [5.74, 6) is 0. The van der Waals surface area contributed by atoms with Gasteiger partial charge in [0.2, 0.25) is 10.0 Å². The Morgan fingerprint density at radius 3 is 2.40 bits per heavy atom. The van der Waals surface area contributed by atoms with Crippen molar-refractivity contribution >= 4 is 15.7 Å². The number of para-hydroxylation sites is 1. The first-order chi connectivity index (χ1) is 9.30. The van der Waals surface area contributed by atoms with E-state index in [1.54, 1.807) is 25.3 Å². The van der Waals surface area contributed by atoms with Gasteiger partial charge in [0.1, 0.15) is 4.90 Å². The molecule has 1 aromatic carbocycles. The number of hydrogen-bond acceptors (Lipinski definition) is 5. The molecule has 0 aliphatic rings. The minimum absolute atomic E-state index is 0.180. The van der Waals surface area contributed by atoms with Crippen molar-refractivity contribution < 1.29 is 13.2 Å². The summed E-state index contributed by atoms with van der Waals surface area (Å²) in [6.45, 7) is 0.931. The first-order valence-corrected chi connectivity index (χ1v) is 7.72. The van der Waals surface area contributed by atoms with E-state index in [2.05, 4.69) is 0 Å². The third-order valence-corrected chi connectivity index (χ3v) is 4.79. The fourth-order valence-corrected chi connectivity index (χ4v) is 3.04. The van der Waals surface area contributed by atoms with Crippen molar-refractivity contribution in [2.45, 2.75) is 10.9 Å². The van der Waals surface area contributed by atoms with Gasteiger partial charge in [0.05, 0.1) is 12.3 Å². The second kappa shape index (κ2) is 7.03. The predicted molar refractivity (Wildman–Crippen MR) is 80.4 cm³/mol. The SMILES string of the molecule is COCC(N)CN(C)c1ccccc1S(=O)(=O)N(C)C. The molecule has 0 aliphatic carbocycles. The van der Waals surface area contributed by atoms with Crippen LogP contribution in [0.4, 0.5) is 5.69 Å². The van der Waals surface area contributed by atoms with E-state index in [0.29, 0.717) is 18.8 Å². The van der Waals surface area contributed by atoms with Crippen LogP contribution in [-0.2, 0) is 14.8 Å². The van der Waals surface area contributed by atoms with Crippen LogP contribution in [-0.4, -0.2) is 60.2 Å². The molecule has 1 atom stereocenters. The standard InChI is InChI=1S/C13H23N3O3S/c1-15(2)20(17,18)13-8-6-5-7-12(13)16(3)9-11(14)10-19-4/h5-8,11H,9-10,14H2,1-4H3. The fourth-order valence-electron chi connectivity index (χ4n) is 1.90. The van der Waals surface area contributed by atoms with Crippen LogP contribution in [0.25, 0.3) is 0 Å². The summed E-state index contributed by atoms with van der Waals surface area (Å²) >= 11 is 0. The summed E-state index contributed by atoms with van der Waals surface area (Å²) < 4.78 is 30.8. The molecule has 0 radical (unpaired) electrons. The lowest BCUT2D eigenvalue weighted by molar-refractivity contribution is 0.181. The zero-order valence-corrected chi connectivity index (χ0v) is 13.2. The van der Waals surface area contributed by atoms with Crippen molar-refractivity contribution in [3.63, 3.8) is 0 Å². The molecule has 6 nitrogen and oxygen atoms in total. The number of hydrogen-bond donors (Lipinski definition) is 1. The Kier molecular flexibility index (Phi) is 5.94. The van der Waals surface area contributed by atoms with Gasteiger partial charge in [0, 0.05) is 40.8 Å². The van der Waals surface area contributed by atoms with Gasteiger partial charge in [-0.05, 0) is 12.1 Å². The Hall–Kier alpha value is -1.15. The molecule has 1 rings (SSSR count). The number of anilines is 1. The molecule has 20 heavy (non-hydrogen) atoms. The molecule has 7 heteroatoms. The molecule has 0 saturated carbocycles. The molecule has 114 valence electrons. The molecule has 0 heterocycles. The summed E-state index contributed by atoms with van der Waals surface area (Å²) in [6.07, 6.45) is 0. The van der Waals surface area contributed by atoms with Crippen LogP contribution in [0.2, 0.25) is 0 Å². The smallest absolute Gasteiger partial charge is 0.244 e. The Labute approximate surface area is 121 Å². The van der Waals surface area contributed by atoms with Crippen LogP contribution >= 0.6 is 0 Å². The maximum absolute atomic E-state index is 12.3. The van der Waals surface area contributed by atoms with E-state index in [4.69, 9.17) is 10.5 Å². The topological polar surface area (TPSA) is 75.9 Å². The molecule has 0 amide bonds. The minimum Gasteiger partial charge on any atom is -0.383 e. The van der Waals surface area contributed by atoms with Crippen LogP contribution in [0.5, 0.6) is 0 Å². The molecular formula is C13H23N3O3S. The second-order valence-corrected chi connectivity index (χ2v) is 6.97. The monoisotopic (exact) mass is 301 g/mol. The van der Waals surface area contributed by atoms with Gasteiger partial charge in [0.25, 0.3) is 0 Å².